The second-order valence-electron chi connectivity index (χ2n) is 8.48. The van der Waals surface area contributed by atoms with Crippen LogP contribution in [0.2, 0.25) is 0 Å². The summed E-state index contributed by atoms with van der Waals surface area (Å²) < 4.78 is 26.7. The van der Waals surface area contributed by atoms with E-state index >= 15 is 0 Å². The highest BCUT2D eigenvalue weighted by molar-refractivity contribution is 5.29. The Kier molecular flexibility index (Phi) is 6.08. The van der Waals surface area contributed by atoms with Crippen LogP contribution in [-0.2, 0) is 6.42 Å². The maximum atomic E-state index is 13.5. The van der Waals surface area contributed by atoms with Crippen LogP contribution in [0.5, 0.6) is 0 Å². The lowest BCUT2D eigenvalue weighted by atomic mass is 9.76. The van der Waals surface area contributed by atoms with Gasteiger partial charge in [-0.3, -0.25) is 0 Å². The largest absolute Gasteiger partial charge is 0.204 e. The third kappa shape index (κ3) is 4.75. The van der Waals surface area contributed by atoms with Gasteiger partial charge < -0.3 is 0 Å². The summed E-state index contributed by atoms with van der Waals surface area (Å²) >= 11 is 0. The summed E-state index contributed by atoms with van der Waals surface area (Å²) in [5, 5.41) is 0. The van der Waals surface area contributed by atoms with Gasteiger partial charge in [-0.2, -0.15) is 0 Å². The van der Waals surface area contributed by atoms with Gasteiger partial charge in [0.1, 0.15) is 0 Å². The van der Waals surface area contributed by atoms with Crippen molar-refractivity contribution in [1.82, 2.24) is 0 Å². The van der Waals surface area contributed by atoms with Gasteiger partial charge in [0.15, 0.2) is 11.6 Å². The predicted octanol–water partition coefficient (Wildman–Crippen LogP) is 7.75. The maximum absolute atomic E-state index is 13.5. The van der Waals surface area contributed by atoms with Crippen LogP contribution in [0.15, 0.2) is 72.8 Å². The Hall–Kier alpha value is -2.48. The van der Waals surface area contributed by atoms with Crippen molar-refractivity contribution in [2.24, 2.45) is 0 Å². The number of halogens is 2. The summed E-state index contributed by atoms with van der Waals surface area (Å²) in [5.41, 5.74) is 5.10. The molecule has 0 N–H and O–H groups in total. The van der Waals surface area contributed by atoms with E-state index in [4.69, 9.17) is 0 Å². The smallest absolute Gasteiger partial charge is 0.159 e. The molecule has 0 radical (unpaired) electrons. The first kappa shape index (κ1) is 19.8. The molecule has 0 aliphatic heterocycles. The van der Waals surface area contributed by atoms with E-state index in [0.717, 1.165) is 37.7 Å². The van der Waals surface area contributed by atoms with Gasteiger partial charge in [0.25, 0.3) is 0 Å². The average molecular weight is 391 g/mol. The average Bonchev–Trinajstić information content (AvgIpc) is 2.77. The molecule has 29 heavy (non-hydrogen) atoms. The third-order valence-corrected chi connectivity index (χ3v) is 6.50. The Morgan fingerprint density at radius 1 is 0.724 bits per heavy atom. The van der Waals surface area contributed by atoms with Gasteiger partial charge in [0.05, 0.1) is 0 Å². The normalized spacial score (nSPS) is 20.4. The van der Waals surface area contributed by atoms with Crippen molar-refractivity contribution >= 4 is 0 Å². The van der Waals surface area contributed by atoms with Crippen LogP contribution in [0.4, 0.5) is 8.78 Å². The van der Waals surface area contributed by atoms with Gasteiger partial charge in [-0.05, 0) is 84.2 Å². The number of benzene rings is 3. The highest BCUT2D eigenvalue weighted by Gasteiger charge is 2.24. The first-order chi connectivity index (χ1) is 14.1. The lowest BCUT2D eigenvalue weighted by molar-refractivity contribution is 0.394. The zero-order chi connectivity index (χ0) is 20.2. The van der Waals surface area contributed by atoms with E-state index in [1.807, 2.05) is 0 Å². The summed E-state index contributed by atoms with van der Waals surface area (Å²) in [4.78, 5) is 0. The lowest BCUT2D eigenvalue weighted by Gasteiger charge is -2.29. The van der Waals surface area contributed by atoms with Crippen LogP contribution in [0.1, 0.15) is 72.6 Å². The highest BCUT2D eigenvalue weighted by Crippen LogP contribution is 2.40. The minimum Gasteiger partial charge on any atom is -0.204 e. The molecule has 1 saturated carbocycles. The molecular formula is C27H28F2. The van der Waals surface area contributed by atoms with E-state index in [0.29, 0.717) is 17.8 Å². The maximum Gasteiger partial charge on any atom is 0.159 e. The molecule has 0 bridgehead atoms. The molecule has 0 nitrogen and oxygen atoms in total. The minimum absolute atomic E-state index is 0.340. The van der Waals surface area contributed by atoms with E-state index in [9.17, 15) is 8.78 Å². The number of hydrogen-bond donors (Lipinski definition) is 0. The lowest BCUT2D eigenvalue weighted by Crippen LogP contribution is -2.12. The van der Waals surface area contributed by atoms with Crippen LogP contribution < -0.4 is 0 Å². The van der Waals surface area contributed by atoms with E-state index in [2.05, 4.69) is 61.5 Å². The molecule has 150 valence electrons. The summed E-state index contributed by atoms with van der Waals surface area (Å²) in [7, 11) is 0. The van der Waals surface area contributed by atoms with E-state index in [1.165, 1.54) is 28.8 Å². The summed E-state index contributed by atoms with van der Waals surface area (Å²) in [6.45, 7) is 2.28. The molecule has 0 heterocycles. The standard InChI is InChI=1S/C27H28F2/c1-19(21-5-3-2-4-6-21)17-20-7-9-22(10-8-20)23-11-13-24(14-12-23)25-15-16-26(28)27(29)18-25/h2-10,15-16,18-19,23-24H,11-14,17H2,1H3/t19-,23?,24?/m1/s1. The molecule has 0 aromatic heterocycles. The molecule has 4 rings (SSSR count). The molecule has 1 fully saturated rings. The molecule has 3 aromatic carbocycles. The van der Waals surface area contributed by atoms with E-state index < -0.39 is 11.6 Å². The van der Waals surface area contributed by atoms with Crippen molar-refractivity contribution in [3.63, 3.8) is 0 Å². The summed E-state index contributed by atoms with van der Waals surface area (Å²) in [5.74, 6) is -0.0767. The Morgan fingerprint density at radius 2 is 1.31 bits per heavy atom. The molecular weight excluding hydrogens is 362 g/mol. The molecule has 1 aliphatic rings. The molecule has 1 aliphatic carbocycles. The van der Waals surface area contributed by atoms with Crippen LogP contribution in [0.3, 0.4) is 0 Å². The molecule has 3 aromatic rings. The quantitative estimate of drug-likeness (QED) is 0.418. The van der Waals surface area contributed by atoms with E-state index in [-0.39, 0.29) is 0 Å². The zero-order valence-corrected chi connectivity index (χ0v) is 17.0. The molecule has 0 saturated heterocycles. The van der Waals surface area contributed by atoms with Crippen LogP contribution in [0, 0.1) is 11.6 Å². The van der Waals surface area contributed by atoms with Crippen LogP contribution in [-0.4, -0.2) is 0 Å². The van der Waals surface area contributed by atoms with Crippen molar-refractivity contribution in [3.05, 3.63) is 107 Å². The van der Waals surface area contributed by atoms with Crippen LogP contribution in [0.25, 0.3) is 0 Å². The fraction of sp³-hybridized carbons (Fsp3) is 0.333. The fourth-order valence-corrected chi connectivity index (χ4v) is 4.71. The zero-order valence-electron chi connectivity index (χ0n) is 17.0. The third-order valence-electron chi connectivity index (χ3n) is 6.50. The Bertz CT molecular complexity index is 923. The Balaban J connectivity index is 1.35. The van der Waals surface area contributed by atoms with Gasteiger partial charge in [-0.15, -0.1) is 0 Å². The predicted molar refractivity (Wildman–Crippen MR) is 115 cm³/mol. The molecule has 2 heteroatoms. The van der Waals surface area contributed by atoms with Gasteiger partial charge in [0, 0.05) is 0 Å². The van der Waals surface area contributed by atoms with Crippen molar-refractivity contribution in [2.45, 2.75) is 56.8 Å². The van der Waals surface area contributed by atoms with Crippen molar-refractivity contribution in [3.8, 4) is 0 Å². The van der Waals surface area contributed by atoms with Crippen molar-refractivity contribution < 1.29 is 8.78 Å². The number of hydrogen-bond acceptors (Lipinski definition) is 0. The highest BCUT2D eigenvalue weighted by atomic mass is 19.2. The monoisotopic (exact) mass is 390 g/mol. The molecule has 1 atom stereocenters. The van der Waals surface area contributed by atoms with Crippen molar-refractivity contribution in [1.29, 1.82) is 0 Å². The molecule has 0 unspecified atom stereocenters. The Morgan fingerprint density at radius 3 is 1.93 bits per heavy atom. The Labute approximate surface area is 172 Å². The summed E-state index contributed by atoms with van der Waals surface area (Å²) in [6, 6.07) is 24.2. The molecule has 0 amide bonds. The first-order valence-electron chi connectivity index (χ1n) is 10.7. The first-order valence-corrected chi connectivity index (χ1v) is 10.7. The topological polar surface area (TPSA) is 0 Å². The second kappa shape index (κ2) is 8.90. The van der Waals surface area contributed by atoms with Gasteiger partial charge in [-0.1, -0.05) is 67.6 Å². The minimum atomic E-state index is -0.760. The van der Waals surface area contributed by atoms with E-state index in [1.54, 1.807) is 6.07 Å². The fourth-order valence-electron chi connectivity index (χ4n) is 4.71. The van der Waals surface area contributed by atoms with Crippen LogP contribution >= 0.6 is 0 Å². The summed E-state index contributed by atoms with van der Waals surface area (Å²) in [6.07, 6.45) is 5.31. The number of rotatable bonds is 5. The van der Waals surface area contributed by atoms with Gasteiger partial charge in [0.2, 0.25) is 0 Å². The van der Waals surface area contributed by atoms with Crippen molar-refractivity contribution in [2.75, 3.05) is 0 Å². The van der Waals surface area contributed by atoms with Gasteiger partial charge in [-0.25, -0.2) is 8.78 Å². The molecule has 0 spiro atoms. The van der Waals surface area contributed by atoms with Gasteiger partial charge >= 0.3 is 0 Å². The second-order valence-corrected chi connectivity index (χ2v) is 8.48. The SMILES string of the molecule is C[C@H](Cc1ccc(C2CCC(c3ccc(F)c(F)c3)CC2)cc1)c1ccccc1.